The highest BCUT2D eigenvalue weighted by atomic mass is 79.9. The van der Waals surface area contributed by atoms with Crippen molar-refractivity contribution >= 4 is 37.8 Å². The van der Waals surface area contributed by atoms with Crippen LogP contribution in [0.25, 0.3) is 0 Å². The van der Waals surface area contributed by atoms with Gasteiger partial charge < -0.3 is 14.9 Å². The highest BCUT2D eigenvalue weighted by Gasteiger charge is 2.12. The van der Waals surface area contributed by atoms with Gasteiger partial charge in [0.25, 0.3) is 0 Å². The third kappa shape index (κ3) is 3.74. The summed E-state index contributed by atoms with van der Waals surface area (Å²) in [6.45, 7) is 0. The second-order valence-electron chi connectivity index (χ2n) is 4.06. The van der Waals surface area contributed by atoms with E-state index in [4.69, 9.17) is 9.84 Å². The molecule has 20 heavy (non-hydrogen) atoms. The van der Waals surface area contributed by atoms with Crippen molar-refractivity contribution in [3.8, 4) is 17.2 Å². The molecular formula is C14H10Br2O4. The Morgan fingerprint density at radius 3 is 2.15 bits per heavy atom. The molecule has 0 bridgehead atoms. The van der Waals surface area contributed by atoms with Crippen molar-refractivity contribution in [1.82, 2.24) is 0 Å². The molecule has 0 aliphatic rings. The summed E-state index contributed by atoms with van der Waals surface area (Å²) >= 11 is 6.73. The summed E-state index contributed by atoms with van der Waals surface area (Å²) in [4.78, 5) is 10.7. The molecule has 0 saturated heterocycles. The number of hydrogen-bond donors (Lipinski definition) is 2. The van der Waals surface area contributed by atoms with E-state index in [1.165, 1.54) is 12.1 Å². The van der Waals surface area contributed by atoms with Crippen LogP contribution in [0.1, 0.15) is 5.56 Å². The number of aliphatic carboxylic acids is 1. The summed E-state index contributed by atoms with van der Waals surface area (Å²) in [5, 5.41) is 18.0. The Labute approximate surface area is 132 Å². The molecule has 2 aromatic carbocycles. The van der Waals surface area contributed by atoms with Gasteiger partial charge >= 0.3 is 5.97 Å². The van der Waals surface area contributed by atoms with Crippen LogP contribution in [0.2, 0.25) is 0 Å². The summed E-state index contributed by atoms with van der Waals surface area (Å²) in [5.41, 5.74) is 0.661. The Morgan fingerprint density at radius 2 is 1.65 bits per heavy atom. The summed E-state index contributed by atoms with van der Waals surface area (Å²) in [6.07, 6.45) is -0.0588. The molecule has 2 rings (SSSR count). The van der Waals surface area contributed by atoms with Gasteiger partial charge in [-0.05, 0) is 73.8 Å². The number of rotatable bonds is 4. The molecule has 0 atom stereocenters. The monoisotopic (exact) mass is 400 g/mol. The van der Waals surface area contributed by atoms with Gasteiger partial charge in [0, 0.05) is 0 Å². The zero-order valence-corrected chi connectivity index (χ0v) is 13.3. The number of carboxylic acids is 1. The van der Waals surface area contributed by atoms with Gasteiger partial charge in [-0.15, -0.1) is 0 Å². The molecule has 2 aromatic rings. The first-order chi connectivity index (χ1) is 9.45. The summed E-state index contributed by atoms with van der Waals surface area (Å²) in [7, 11) is 0. The minimum atomic E-state index is -0.893. The molecule has 0 saturated carbocycles. The Balaban J connectivity index is 2.28. The molecule has 0 aromatic heterocycles. The minimum absolute atomic E-state index is 0.0588. The molecule has 0 fully saturated rings. The maximum Gasteiger partial charge on any atom is 0.307 e. The Morgan fingerprint density at radius 1 is 1.10 bits per heavy atom. The normalized spacial score (nSPS) is 10.3. The van der Waals surface area contributed by atoms with Gasteiger partial charge in [-0.2, -0.15) is 0 Å². The fourth-order valence-electron chi connectivity index (χ4n) is 1.62. The van der Waals surface area contributed by atoms with E-state index in [9.17, 15) is 9.90 Å². The SMILES string of the molecule is O=C(O)Cc1cc(Br)c(Oc2ccc(O)cc2)c(Br)c1. The predicted molar refractivity (Wildman–Crippen MR) is 81.4 cm³/mol. The van der Waals surface area contributed by atoms with Crippen molar-refractivity contribution < 1.29 is 19.7 Å². The fraction of sp³-hybridized carbons (Fsp3) is 0.0714. The lowest BCUT2D eigenvalue weighted by Gasteiger charge is -2.11. The Bertz CT molecular complexity index is 615. The van der Waals surface area contributed by atoms with Crippen LogP contribution < -0.4 is 4.74 Å². The molecule has 0 spiro atoms. The summed E-state index contributed by atoms with van der Waals surface area (Å²) in [6, 6.07) is 9.73. The zero-order valence-electron chi connectivity index (χ0n) is 10.1. The molecule has 0 aliphatic heterocycles. The zero-order chi connectivity index (χ0) is 14.7. The molecule has 0 amide bonds. The van der Waals surface area contributed by atoms with E-state index in [0.29, 0.717) is 26.0 Å². The highest BCUT2D eigenvalue weighted by Crippen LogP contribution is 2.38. The number of ether oxygens (including phenoxy) is 1. The first-order valence-electron chi connectivity index (χ1n) is 5.62. The predicted octanol–water partition coefficient (Wildman–Crippen LogP) is 4.34. The van der Waals surface area contributed by atoms with Crippen LogP contribution in [0.4, 0.5) is 0 Å². The second-order valence-corrected chi connectivity index (χ2v) is 5.76. The number of phenolic OH excluding ortho intramolecular Hbond substituents is 1. The lowest BCUT2D eigenvalue weighted by Crippen LogP contribution is -2.00. The topological polar surface area (TPSA) is 66.8 Å². The van der Waals surface area contributed by atoms with Crippen molar-refractivity contribution in [2.75, 3.05) is 0 Å². The number of aromatic hydroxyl groups is 1. The van der Waals surface area contributed by atoms with E-state index < -0.39 is 5.97 Å². The standard InChI is InChI=1S/C14H10Br2O4/c15-11-5-8(7-13(18)19)6-12(16)14(11)20-10-3-1-9(17)2-4-10/h1-6,17H,7H2,(H,18,19). The molecule has 0 heterocycles. The molecule has 2 N–H and O–H groups in total. The molecular weight excluding hydrogens is 392 g/mol. The van der Waals surface area contributed by atoms with Crippen molar-refractivity contribution in [3.63, 3.8) is 0 Å². The average molecular weight is 402 g/mol. The third-order valence-electron chi connectivity index (χ3n) is 2.47. The molecule has 0 aliphatic carbocycles. The van der Waals surface area contributed by atoms with Crippen molar-refractivity contribution in [2.45, 2.75) is 6.42 Å². The number of phenols is 1. The van der Waals surface area contributed by atoms with Gasteiger partial charge in [0.05, 0.1) is 15.4 Å². The third-order valence-corrected chi connectivity index (χ3v) is 3.65. The first kappa shape index (κ1) is 14.9. The van der Waals surface area contributed by atoms with Crippen LogP contribution in [0.15, 0.2) is 45.3 Å². The lowest BCUT2D eigenvalue weighted by molar-refractivity contribution is -0.136. The first-order valence-corrected chi connectivity index (χ1v) is 7.21. The van der Waals surface area contributed by atoms with Gasteiger partial charge in [0.1, 0.15) is 11.5 Å². The van der Waals surface area contributed by atoms with Crippen LogP contribution in [0, 0.1) is 0 Å². The van der Waals surface area contributed by atoms with Crippen LogP contribution in [0.5, 0.6) is 17.2 Å². The Hall–Kier alpha value is -1.53. The van der Waals surface area contributed by atoms with E-state index >= 15 is 0 Å². The van der Waals surface area contributed by atoms with Gasteiger partial charge in [0.15, 0.2) is 5.75 Å². The van der Waals surface area contributed by atoms with Gasteiger partial charge in [0.2, 0.25) is 0 Å². The maximum absolute atomic E-state index is 10.7. The van der Waals surface area contributed by atoms with Gasteiger partial charge in [-0.3, -0.25) is 4.79 Å². The molecule has 6 heteroatoms. The molecule has 0 unspecified atom stereocenters. The molecule has 4 nitrogen and oxygen atoms in total. The second kappa shape index (κ2) is 6.28. The van der Waals surface area contributed by atoms with Crippen molar-refractivity contribution in [3.05, 3.63) is 50.9 Å². The number of carbonyl (C=O) groups is 1. The number of hydrogen-bond acceptors (Lipinski definition) is 3. The minimum Gasteiger partial charge on any atom is -0.508 e. The van der Waals surface area contributed by atoms with Crippen LogP contribution in [-0.2, 0) is 11.2 Å². The van der Waals surface area contributed by atoms with E-state index in [-0.39, 0.29) is 12.2 Å². The maximum atomic E-state index is 10.7. The van der Waals surface area contributed by atoms with Crippen LogP contribution in [0.3, 0.4) is 0 Å². The summed E-state index contributed by atoms with van der Waals surface area (Å²) in [5.74, 6) is 0.378. The Kier molecular flexibility index (Phi) is 4.67. The number of carboxylic acid groups (broad SMARTS) is 1. The largest absolute Gasteiger partial charge is 0.508 e. The summed E-state index contributed by atoms with van der Waals surface area (Å²) < 4.78 is 7.00. The van der Waals surface area contributed by atoms with Crippen LogP contribution >= 0.6 is 31.9 Å². The quantitative estimate of drug-likeness (QED) is 0.799. The van der Waals surface area contributed by atoms with E-state index in [0.717, 1.165) is 0 Å². The molecule has 104 valence electrons. The van der Waals surface area contributed by atoms with E-state index in [1.54, 1.807) is 24.3 Å². The van der Waals surface area contributed by atoms with E-state index in [1.807, 2.05) is 0 Å². The van der Waals surface area contributed by atoms with Crippen molar-refractivity contribution in [2.24, 2.45) is 0 Å². The highest BCUT2D eigenvalue weighted by molar-refractivity contribution is 9.11. The van der Waals surface area contributed by atoms with Gasteiger partial charge in [-0.25, -0.2) is 0 Å². The van der Waals surface area contributed by atoms with Crippen LogP contribution in [-0.4, -0.2) is 16.2 Å². The number of benzene rings is 2. The fourth-order valence-corrected chi connectivity index (χ4v) is 3.06. The average Bonchev–Trinajstić information content (AvgIpc) is 2.35. The number of halogens is 2. The van der Waals surface area contributed by atoms with Crippen molar-refractivity contribution in [1.29, 1.82) is 0 Å². The smallest absolute Gasteiger partial charge is 0.307 e. The lowest BCUT2D eigenvalue weighted by atomic mass is 10.1. The molecule has 0 radical (unpaired) electrons. The van der Waals surface area contributed by atoms with E-state index in [2.05, 4.69) is 31.9 Å². The van der Waals surface area contributed by atoms with Gasteiger partial charge in [-0.1, -0.05) is 0 Å².